The van der Waals surface area contributed by atoms with Crippen molar-refractivity contribution in [3.05, 3.63) is 53.6 Å². The van der Waals surface area contributed by atoms with E-state index < -0.39 is 7.26 Å². The number of guanidine groups is 1. The molecule has 240 valence electrons. The minimum absolute atomic E-state index is 0.00726. The maximum atomic E-state index is 5.33. The summed E-state index contributed by atoms with van der Waals surface area (Å²) in [5, 5.41) is 10.00. The topological polar surface area (TPSA) is 77.4 Å². The molecule has 2 N–H and O–H groups in total. The van der Waals surface area contributed by atoms with Crippen LogP contribution in [0.5, 0.6) is 0 Å². The SMILES string of the molecule is CCC/C(CCNC1=NC(Nc2ccc3nc(C4CC4)ccc3c2[PH](C)(C)C)C(Br)C=N1)=C(/C=C/OC)N1CCN(C)CC1. The van der Waals surface area contributed by atoms with Crippen molar-refractivity contribution in [2.45, 2.75) is 55.9 Å². The Morgan fingerprint density at radius 3 is 2.55 bits per heavy atom. The van der Waals surface area contributed by atoms with Crippen molar-refractivity contribution in [2.75, 3.05) is 72.2 Å². The summed E-state index contributed by atoms with van der Waals surface area (Å²) >= 11 is 3.82. The van der Waals surface area contributed by atoms with Crippen molar-refractivity contribution in [3.8, 4) is 0 Å². The van der Waals surface area contributed by atoms with Crippen LogP contribution < -0.4 is 15.9 Å². The average Bonchev–Trinajstić information content (AvgIpc) is 3.84. The van der Waals surface area contributed by atoms with Gasteiger partial charge in [-0.25, -0.2) is 0 Å². The number of halogens is 1. The van der Waals surface area contributed by atoms with Crippen molar-refractivity contribution in [1.29, 1.82) is 0 Å². The smallest absolute Gasteiger partial charge is 0.504 e. The van der Waals surface area contributed by atoms with Gasteiger partial charge in [-0.2, -0.15) is 0 Å². The molecule has 1 saturated carbocycles. The molecular formula is C34H51BrN7OP. The molecule has 3 aliphatic rings. The second-order valence-corrected chi connectivity index (χ2v) is 19.4. The summed E-state index contributed by atoms with van der Waals surface area (Å²) in [7, 11) is 2.19. The first-order valence-electron chi connectivity index (χ1n) is 16.2. The molecule has 2 aliphatic heterocycles. The molecule has 8 nitrogen and oxygen atoms in total. The summed E-state index contributed by atoms with van der Waals surface area (Å²) in [6.07, 6.45) is 11.3. The molecule has 2 aromatic rings. The third-order valence-electron chi connectivity index (χ3n) is 8.67. The summed E-state index contributed by atoms with van der Waals surface area (Å²) in [5.41, 5.74) is 6.25. The first-order valence-corrected chi connectivity index (χ1v) is 20.6. The molecule has 0 bridgehead atoms. The number of allylic oxidation sites excluding steroid dienone is 1. The number of fused-ring (bicyclic) bond motifs is 1. The Morgan fingerprint density at radius 1 is 1.09 bits per heavy atom. The third kappa shape index (κ3) is 8.21. The fourth-order valence-corrected chi connectivity index (χ4v) is 8.56. The molecule has 1 aromatic heterocycles. The van der Waals surface area contributed by atoms with Gasteiger partial charge >= 0.3 is 211 Å². The molecule has 5 rings (SSSR count). The average molecular weight is 685 g/mol. The monoisotopic (exact) mass is 683 g/mol. The Bertz CT molecular complexity index is 1420. The van der Waals surface area contributed by atoms with Gasteiger partial charge in [0.05, 0.1) is 13.4 Å². The van der Waals surface area contributed by atoms with E-state index in [-0.39, 0.29) is 11.0 Å². The Kier molecular flexibility index (Phi) is 11.0. The molecule has 1 saturated heterocycles. The van der Waals surface area contributed by atoms with Crippen molar-refractivity contribution >= 4 is 57.3 Å². The van der Waals surface area contributed by atoms with Crippen molar-refractivity contribution in [2.24, 2.45) is 9.98 Å². The van der Waals surface area contributed by atoms with E-state index in [4.69, 9.17) is 14.7 Å². The standard InChI is InChI=1S/C34H51BrN7OP/c1-7-8-25(31(16-22-43-3)42-20-18-41(2)19-21-42)15-17-36-34-37-23-27(35)33(40-34)39-30-14-13-29-26(32(30)44(4,5)6)11-12-28(38-29)24-9-10-24/h11-14,16,22-24,27,33,39,44H,7-10,15,17-21H2,1-6H3,(H,36,40)/b22-16+,31-25+. The molecule has 0 radical (unpaired) electrons. The number of hydrogen-bond donors (Lipinski definition) is 2. The molecule has 2 unspecified atom stereocenters. The normalized spacial score (nSPS) is 22.2. The van der Waals surface area contributed by atoms with Crippen molar-refractivity contribution in [3.63, 3.8) is 0 Å². The van der Waals surface area contributed by atoms with Gasteiger partial charge in [-0.3, -0.25) is 0 Å². The minimum Gasteiger partial charge on any atom is -0.504 e. The molecule has 0 amide bonds. The molecule has 1 aromatic carbocycles. The fraction of sp³-hybridized carbons (Fsp3) is 0.559. The summed E-state index contributed by atoms with van der Waals surface area (Å²) in [4.78, 5) is 19.6. The number of nitrogens with zero attached hydrogens (tertiary/aromatic N) is 5. The number of benzene rings is 1. The number of nitrogens with one attached hydrogen (secondary N) is 2. The summed E-state index contributed by atoms with van der Waals surface area (Å²) in [5.74, 6) is 1.32. The maximum absolute atomic E-state index is 5.33. The number of ether oxygens (including phenoxy) is 1. The van der Waals surface area contributed by atoms with Crippen LogP contribution in [0.15, 0.2) is 57.9 Å². The number of aliphatic imine (C=N–C) groups is 2. The van der Waals surface area contributed by atoms with Crippen LogP contribution in [0.1, 0.15) is 50.6 Å². The number of alkyl halides is 1. The van der Waals surface area contributed by atoms with Gasteiger partial charge in [0.1, 0.15) is 0 Å². The van der Waals surface area contributed by atoms with Crippen LogP contribution in [0.3, 0.4) is 0 Å². The first-order chi connectivity index (χ1) is 21.2. The number of rotatable bonds is 12. The predicted octanol–water partition coefficient (Wildman–Crippen LogP) is 5.76. The number of pyridine rings is 1. The van der Waals surface area contributed by atoms with E-state index in [0.717, 1.165) is 63.2 Å². The molecule has 2 fully saturated rings. The van der Waals surface area contributed by atoms with Crippen LogP contribution in [-0.2, 0) is 4.74 Å². The van der Waals surface area contributed by atoms with Crippen LogP contribution in [0.25, 0.3) is 10.9 Å². The van der Waals surface area contributed by atoms with Gasteiger partial charge in [-0.05, 0) is 7.05 Å². The molecule has 1 aliphatic carbocycles. The molecule has 0 spiro atoms. The van der Waals surface area contributed by atoms with Crippen LogP contribution in [-0.4, -0.2) is 105 Å². The van der Waals surface area contributed by atoms with Gasteiger partial charge in [0.2, 0.25) is 0 Å². The van der Waals surface area contributed by atoms with Crippen molar-refractivity contribution < 1.29 is 4.74 Å². The van der Waals surface area contributed by atoms with Gasteiger partial charge in [0.15, 0.2) is 0 Å². The summed E-state index contributed by atoms with van der Waals surface area (Å²) in [6, 6.07) is 8.94. The number of methoxy groups -OCH3 is 1. The zero-order valence-electron chi connectivity index (χ0n) is 27.4. The van der Waals surface area contributed by atoms with E-state index in [1.54, 1.807) is 7.11 Å². The Labute approximate surface area is 273 Å². The molecule has 44 heavy (non-hydrogen) atoms. The van der Waals surface area contributed by atoms with Crippen LogP contribution in [0.2, 0.25) is 0 Å². The summed E-state index contributed by atoms with van der Waals surface area (Å²) < 4.78 is 5.33. The number of anilines is 1. The Hall–Kier alpha value is -2.48. The quantitative estimate of drug-likeness (QED) is 0.128. The van der Waals surface area contributed by atoms with E-state index in [1.165, 1.54) is 40.5 Å². The van der Waals surface area contributed by atoms with Crippen LogP contribution in [0, 0.1) is 0 Å². The molecule has 2 atom stereocenters. The van der Waals surface area contributed by atoms with E-state index in [1.807, 2.05) is 12.5 Å². The van der Waals surface area contributed by atoms with E-state index in [9.17, 15) is 0 Å². The number of piperazine rings is 1. The van der Waals surface area contributed by atoms with E-state index >= 15 is 0 Å². The van der Waals surface area contributed by atoms with E-state index in [0.29, 0.717) is 11.9 Å². The Balaban J connectivity index is 1.32. The summed E-state index contributed by atoms with van der Waals surface area (Å²) in [6.45, 7) is 14.5. The van der Waals surface area contributed by atoms with Crippen LogP contribution in [0.4, 0.5) is 5.69 Å². The minimum atomic E-state index is -1.72. The van der Waals surface area contributed by atoms with E-state index in [2.05, 4.69) is 106 Å². The number of likely N-dealkylation sites (N-methyl/N-ethyl adjacent to an activating group) is 1. The van der Waals surface area contributed by atoms with Gasteiger partial charge in [-0.15, -0.1) is 0 Å². The van der Waals surface area contributed by atoms with Crippen molar-refractivity contribution in [1.82, 2.24) is 20.1 Å². The van der Waals surface area contributed by atoms with Gasteiger partial charge < -0.3 is 9.64 Å². The second kappa shape index (κ2) is 14.7. The number of aromatic nitrogens is 1. The van der Waals surface area contributed by atoms with Gasteiger partial charge in [0.25, 0.3) is 0 Å². The second-order valence-electron chi connectivity index (χ2n) is 13.3. The van der Waals surface area contributed by atoms with Gasteiger partial charge in [0, 0.05) is 26.2 Å². The van der Waals surface area contributed by atoms with Gasteiger partial charge in [-0.1, -0.05) is 6.92 Å². The molecular weight excluding hydrogens is 633 g/mol. The van der Waals surface area contributed by atoms with Crippen LogP contribution >= 0.6 is 23.2 Å². The zero-order valence-corrected chi connectivity index (χ0v) is 30.0. The third-order valence-corrected chi connectivity index (χ3v) is 11.4. The number of hydrogen-bond acceptors (Lipinski definition) is 8. The fourth-order valence-electron chi connectivity index (χ4n) is 6.21. The predicted molar refractivity (Wildman–Crippen MR) is 195 cm³/mol. The molecule has 3 heterocycles. The molecule has 10 heteroatoms. The first kappa shape index (κ1) is 32.9. The Morgan fingerprint density at radius 2 is 1.86 bits per heavy atom. The zero-order chi connectivity index (χ0) is 31.3.